The van der Waals surface area contributed by atoms with E-state index in [9.17, 15) is 4.79 Å². The van der Waals surface area contributed by atoms with Gasteiger partial charge >= 0.3 is 5.97 Å². The van der Waals surface area contributed by atoms with Gasteiger partial charge in [-0.25, -0.2) is 0 Å². The maximum Gasteiger partial charge on any atom is 0.307 e. The summed E-state index contributed by atoms with van der Waals surface area (Å²) in [6.45, 7) is 3.15. The highest BCUT2D eigenvalue weighted by molar-refractivity contribution is 5.69. The lowest BCUT2D eigenvalue weighted by Gasteiger charge is -2.19. The van der Waals surface area contributed by atoms with Crippen LogP contribution in [-0.2, 0) is 11.3 Å². The lowest BCUT2D eigenvalue weighted by atomic mass is 10.1. The highest BCUT2D eigenvalue weighted by Gasteiger charge is 2.23. The van der Waals surface area contributed by atoms with Crippen molar-refractivity contribution in [3.05, 3.63) is 35.4 Å². The molecular weight excluding hydrogens is 226 g/mol. The molecule has 3 nitrogen and oxygen atoms in total. The fraction of sp³-hybridized carbons (Fsp3) is 0.533. The lowest BCUT2D eigenvalue weighted by molar-refractivity contribution is -0.141. The van der Waals surface area contributed by atoms with Gasteiger partial charge in [0.1, 0.15) is 0 Å². The average molecular weight is 247 g/mol. The molecule has 1 unspecified atom stereocenters. The lowest BCUT2D eigenvalue weighted by Crippen LogP contribution is -2.28. The summed E-state index contributed by atoms with van der Waals surface area (Å²) in [4.78, 5) is 12.9. The first kappa shape index (κ1) is 13.1. The van der Waals surface area contributed by atoms with Crippen molar-refractivity contribution < 1.29 is 9.90 Å². The van der Waals surface area contributed by atoms with Crippen LogP contribution in [-0.4, -0.2) is 29.6 Å². The molecule has 0 heterocycles. The monoisotopic (exact) mass is 247 g/mol. The molecule has 1 aromatic rings. The number of hydrogen-bond donors (Lipinski definition) is 1. The first-order valence-corrected chi connectivity index (χ1v) is 6.56. The van der Waals surface area contributed by atoms with E-state index in [-0.39, 0.29) is 5.92 Å². The van der Waals surface area contributed by atoms with E-state index in [2.05, 4.69) is 29.2 Å². The average Bonchev–Trinajstić information content (AvgIpc) is 3.12. The van der Waals surface area contributed by atoms with E-state index in [0.29, 0.717) is 6.54 Å². The van der Waals surface area contributed by atoms with Crippen LogP contribution in [0.25, 0.3) is 0 Å². The normalized spacial score (nSPS) is 16.8. The number of carboxylic acid groups (broad SMARTS) is 1. The molecule has 98 valence electrons. The van der Waals surface area contributed by atoms with Crippen molar-refractivity contribution in [3.8, 4) is 0 Å². The van der Waals surface area contributed by atoms with Gasteiger partial charge in [0.25, 0.3) is 0 Å². The first-order valence-electron chi connectivity index (χ1n) is 6.56. The van der Waals surface area contributed by atoms with Gasteiger partial charge in [0.05, 0.1) is 5.92 Å². The van der Waals surface area contributed by atoms with Crippen molar-refractivity contribution in [3.63, 3.8) is 0 Å². The van der Waals surface area contributed by atoms with Gasteiger partial charge in [-0.15, -0.1) is 0 Å². The Labute approximate surface area is 108 Å². The molecule has 0 spiro atoms. The molecular formula is C15H21NO2. The third-order valence-electron chi connectivity index (χ3n) is 3.46. The highest BCUT2D eigenvalue weighted by atomic mass is 16.4. The third kappa shape index (κ3) is 3.57. The van der Waals surface area contributed by atoms with E-state index >= 15 is 0 Å². The van der Waals surface area contributed by atoms with Crippen molar-refractivity contribution in [2.24, 2.45) is 5.92 Å². The molecule has 0 aliphatic heterocycles. The molecule has 0 saturated heterocycles. The minimum absolute atomic E-state index is 0.318. The Bertz CT molecular complexity index is 426. The molecule has 1 fully saturated rings. The molecule has 2 rings (SSSR count). The van der Waals surface area contributed by atoms with E-state index in [0.717, 1.165) is 12.5 Å². The fourth-order valence-electron chi connectivity index (χ4n) is 2.28. The van der Waals surface area contributed by atoms with Crippen LogP contribution >= 0.6 is 0 Å². The summed E-state index contributed by atoms with van der Waals surface area (Å²) in [6.07, 6.45) is 2.63. The molecule has 0 amide bonds. The maximum atomic E-state index is 10.8. The molecule has 1 aliphatic carbocycles. The number of carboxylic acids is 1. The Morgan fingerprint density at radius 3 is 2.83 bits per heavy atom. The predicted molar refractivity (Wildman–Crippen MR) is 71.6 cm³/mol. The van der Waals surface area contributed by atoms with Crippen LogP contribution in [0.2, 0.25) is 0 Å². The standard InChI is InChI=1S/C15H21NO2/c1-11(15(17)18)9-16(2)10-12-4-3-5-14(8-12)13-6-7-13/h3-5,8,11,13H,6-7,9-10H2,1-2H3,(H,17,18). The van der Waals surface area contributed by atoms with E-state index in [1.165, 1.54) is 24.0 Å². The van der Waals surface area contributed by atoms with Crippen LogP contribution in [0.5, 0.6) is 0 Å². The van der Waals surface area contributed by atoms with Crippen LogP contribution in [0.1, 0.15) is 36.8 Å². The Hall–Kier alpha value is -1.35. The summed E-state index contributed by atoms with van der Waals surface area (Å²) < 4.78 is 0. The molecule has 1 saturated carbocycles. The van der Waals surface area contributed by atoms with Gasteiger partial charge in [-0.1, -0.05) is 31.2 Å². The maximum absolute atomic E-state index is 10.8. The Morgan fingerprint density at radius 2 is 2.22 bits per heavy atom. The summed E-state index contributed by atoms with van der Waals surface area (Å²) in [5.41, 5.74) is 2.71. The molecule has 1 aromatic carbocycles. The molecule has 0 bridgehead atoms. The zero-order chi connectivity index (χ0) is 13.1. The summed E-state index contributed by atoms with van der Waals surface area (Å²) in [6, 6.07) is 8.69. The second kappa shape index (κ2) is 5.53. The van der Waals surface area contributed by atoms with E-state index in [1.807, 2.05) is 7.05 Å². The molecule has 3 heteroatoms. The number of aliphatic carboxylic acids is 1. The van der Waals surface area contributed by atoms with Gasteiger partial charge in [0.2, 0.25) is 0 Å². The largest absolute Gasteiger partial charge is 0.481 e. The molecule has 1 aliphatic rings. The molecule has 0 radical (unpaired) electrons. The number of hydrogen-bond acceptors (Lipinski definition) is 2. The van der Waals surface area contributed by atoms with E-state index < -0.39 is 5.97 Å². The minimum Gasteiger partial charge on any atom is -0.481 e. The van der Waals surface area contributed by atoms with Gasteiger partial charge in [0.15, 0.2) is 0 Å². The van der Waals surface area contributed by atoms with Crippen molar-refractivity contribution in [2.45, 2.75) is 32.2 Å². The van der Waals surface area contributed by atoms with Crippen LogP contribution < -0.4 is 0 Å². The van der Waals surface area contributed by atoms with Crippen LogP contribution in [0.15, 0.2) is 24.3 Å². The Balaban J connectivity index is 1.91. The van der Waals surface area contributed by atoms with Crippen molar-refractivity contribution >= 4 is 5.97 Å². The van der Waals surface area contributed by atoms with Crippen molar-refractivity contribution in [1.82, 2.24) is 4.90 Å². The third-order valence-corrected chi connectivity index (χ3v) is 3.46. The number of benzene rings is 1. The van der Waals surface area contributed by atoms with Gasteiger partial charge in [0, 0.05) is 13.1 Å². The molecule has 1 atom stereocenters. The van der Waals surface area contributed by atoms with Crippen LogP contribution in [0.4, 0.5) is 0 Å². The van der Waals surface area contributed by atoms with E-state index in [4.69, 9.17) is 5.11 Å². The number of carbonyl (C=O) groups is 1. The zero-order valence-electron chi connectivity index (χ0n) is 11.1. The Morgan fingerprint density at radius 1 is 1.50 bits per heavy atom. The smallest absolute Gasteiger partial charge is 0.307 e. The highest BCUT2D eigenvalue weighted by Crippen LogP contribution is 2.40. The van der Waals surface area contributed by atoms with Crippen molar-refractivity contribution in [2.75, 3.05) is 13.6 Å². The molecule has 1 N–H and O–H groups in total. The number of nitrogens with zero attached hydrogens (tertiary/aromatic N) is 1. The summed E-state index contributed by atoms with van der Waals surface area (Å²) in [7, 11) is 1.98. The quantitative estimate of drug-likeness (QED) is 0.840. The Kier molecular flexibility index (Phi) is 4.02. The van der Waals surface area contributed by atoms with E-state index in [1.54, 1.807) is 6.92 Å². The zero-order valence-corrected chi connectivity index (χ0v) is 11.1. The topological polar surface area (TPSA) is 40.5 Å². The summed E-state index contributed by atoms with van der Waals surface area (Å²) in [5, 5.41) is 8.90. The van der Waals surface area contributed by atoms with Gasteiger partial charge in [-0.2, -0.15) is 0 Å². The SMILES string of the molecule is CC(CN(C)Cc1cccc(C2CC2)c1)C(=O)O. The van der Waals surface area contributed by atoms with Gasteiger partial charge in [-0.05, 0) is 36.9 Å². The van der Waals surface area contributed by atoms with Gasteiger partial charge < -0.3 is 10.0 Å². The fourth-order valence-corrected chi connectivity index (χ4v) is 2.28. The summed E-state index contributed by atoms with van der Waals surface area (Å²) >= 11 is 0. The van der Waals surface area contributed by atoms with Crippen LogP contribution in [0, 0.1) is 5.92 Å². The summed E-state index contributed by atoms with van der Waals surface area (Å²) in [5.74, 6) is -0.275. The molecule has 18 heavy (non-hydrogen) atoms. The van der Waals surface area contributed by atoms with Gasteiger partial charge in [-0.3, -0.25) is 4.79 Å². The van der Waals surface area contributed by atoms with Crippen LogP contribution in [0.3, 0.4) is 0 Å². The first-order chi connectivity index (χ1) is 8.56. The number of rotatable bonds is 6. The second-order valence-corrected chi connectivity index (χ2v) is 5.46. The predicted octanol–water partition coefficient (Wildman–Crippen LogP) is 2.72. The second-order valence-electron chi connectivity index (χ2n) is 5.46. The minimum atomic E-state index is -0.728. The van der Waals surface area contributed by atoms with Crippen molar-refractivity contribution in [1.29, 1.82) is 0 Å². The molecule has 0 aromatic heterocycles.